The van der Waals surface area contributed by atoms with E-state index in [2.05, 4.69) is 60.5 Å². The van der Waals surface area contributed by atoms with Gasteiger partial charge in [0.25, 0.3) is 0 Å². The summed E-state index contributed by atoms with van der Waals surface area (Å²) in [5.41, 5.74) is 15.2. The van der Waals surface area contributed by atoms with Crippen molar-refractivity contribution in [2.75, 3.05) is 0 Å². The van der Waals surface area contributed by atoms with Crippen molar-refractivity contribution in [2.45, 2.75) is 81.6 Å². The summed E-state index contributed by atoms with van der Waals surface area (Å²) in [6.07, 6.45) is 24.6. The van der Waals surface area contributed by atoms with E-state index in [1.807, 2.05) is 49.4 Å². The SMILES string of the molecule is [Na+].[OH-].c1cc2[nH]nc(-c3cncc(C4CC4)n3)c2cc1-c1cncc(C2CC2)n1.c1cc2c(cc1-c1cncc(C3CC3)n1)C(c1cncc(C3CC3)n1)=NC2. The number of benzene rings is 2. The minimum atomic E-state index is 0. The molecule has 6 heterocycles. The van der Waals surface area contributed by atoms with E-state index in [0.717, 1.165) is 84.6 Å². The van der Waals surface area contributed by atoms with Crippen molar-refractivity contribution >= 4 is 16.6 Å². The van der Waals surface area contributed by atoms with Crippen molar-refractivity contribution < 1.29 is 35.0 Å². The summed E-state index contributed by atoms with van der Waals surface area (Å²) in [5, 5.41) is 8.66. The fraction of sp³-hybridized carbons (Fsp3) is 0.302. The van der Waals surface area contributed by atoms with E-state index in [1.54, 1.807) is 6.20 Å². The number of aromatic amines is 1. The minimum absolute atomic E-state index is 0. The summed E-state index contributed by atoms with van der Waals surface area (Å²) in [6.45, 7) is 0.702. The number of hydrogen-bond acceptors (Lipinski definition) is 11. The summed E-state index contributed by atoms with van der Waals surface area (Å²) < 4.78 is 0. The number of rotatable bonds is 8. The molecule has 2 aromatic carbocycles. The van der Waals surface area contributed by atoms with Crippen molar-refractivity contribution in [3.63, 3.8) is 0 Å². The number of nitrogens with zero attached hydrogens (tertiary/aromatic N) is 10. The van der Waals surface area contributed by atoms with Crippen LogP contribution in [0.1, 0.15) is 115 Å². The van der Waals surface area contributed by atoms with Gasteiger partial charge in [0.1, 0.15) is 17.1 Å². The van der Waals surface area contributed by atoms with Gasteiger partial charge in [0.05, 0.1) is 76.7 Å². The number of nitrogens with one attached hydrogen (secondary N) is 1. The zero-order valence-electron chi connectivity index (χ0n) is 31.2. The second-order valence-corrected chi connectivity index (χ2v) is 15.3. The van der Waals surface area contributed by atoms with E-state index < -0.39 is 0 Å². The maximum Gasteiger partial charge on any atom is 1.00 e. The summed E-state index contributed by atoms with van der Waals surface area (Å²) >= 11 is 0. The molecular weight excluding hydrogens is 710 g/mol. The van der Waals surface area contributed by atoms with Gasteiger partial charge in [-0.3, -0.25) is 30.0 Å². The van der Waals surface area contributed by atoms with E-state index in [9.17, 15) is 0 Å². The Labute approximate surface area is 345 Å². The van der Waals surface area contributed by atoms with E-state index in [-0.39, 0.29) is 35.0 Å². The van der Waals surface area contributed by atoms with E-state index in [1.165, 1.54) is 56.9 Å². The fourth-order valence-electron chi connectivity index (χ4n) is 7.26. The molecule has 4 saturated carbocycles. The molecule has 5 aromatic heterocycles. The molecule has 1 aliphatic heterocycles. The second-order valence-electron chi connectivity index (χ2n) is 15.3. The van der Waals surface area contributed by atoms with Gasteiger partial charge in [0, 0.05) is 70.5 Å². The molecule has 0 bridgehead atoms. The molecule has 4 aliphatic carbocycles. The van der Waals surface area contributed by atoms with Crippen LogP contribution in [0.2, 0.25) is 0 Å². The molecule has 0 saturated heterocycles. The molecule has 272 valence electrons. The van der Waals surface area contributed by atoms with Crippen LogP contribution in [0.15, 0.2) is 91.0 Å². The fourth-order valence-corrected chi connectivity index (χ4v) is 7.26. The van der Waals surface area contributed by atoms with Gasteiger partial charge >= 0.3 is 29.6 Å². The van der Waals surface area contributed by atoms with Crippen LogP contribution in [-0.2, 0) is 6.54 Å². The summed E-state index contributed by atoms with van der Waals surface area (Å²) in [7, 11) is 0. The summed E-state index contributed by atoms with van der Waals surface area (Å²) in [6, 6.07) is 12.7. The van der Waals surface area contributed by atoms with E-state index >= 15 is 0 Å². The van der Waals surface area contributed by atoms with E-state index in [4.69, 9.17) is 24.9 Å². The first kappa shape index (κ1) is 36.5. The molecule has 7 aromatic rings. The Morgan fingerprint density at radius 2 is 0.964 bits per heavy atom. The molecule has 0 amide bonds. The zero-order valence-corrected chi connectivity index (χ0v) is 33.2. The molecule has 0 spiro atoms. The second kappa shape index (κ2) is 15.1. The third kappa shape index (κ3) is 7.41. The number of aliphatic imine (C=N–C) groups is 1. The molecule has 0 radical (unpaired) electrons. The molecule has 12 rings (SSSR count). The molecule has 0 unspecified atom stereocenters. The number of H-pyrrole nitrogens is 1. The Hall–Kier alpha value is -5.14. The molecule has 12 nitrogen and oxygen atoms in total. The first-order chi connectivity index (χ1) is 26.7. The van der Waals surface area contributed by atoms with Crippen LogP contribution in [-0.4, -0.2) is 61.3 Å². The van der Waals surface area contributed by atoms with Gasteiger partial charge in [0.2, 0.25) is 0 Å². The maximum absolute atomic E-state index is 4.84. The number of hydrogen-bond donors (Lipinski definition) is 1. The molecule has 2 N–H and O–H groups in total. The minimum Gasteiger partial charge on any atom is -0.870 e. The van der Waals surface area contributed by atoms with Gasteiger partial charge in [-0.2, -0.15) is 5.10 Å². The number of fused-ring (bicyclic) bond motifs is 2. The number of aromatic nitrogens is 10. The van der Waals surface area contributed by atoms with Crippen molar-refractivity contribution in [1.82, 2.24) is 50.1 Å². The average molecular weight is 748 g/mol. The first-order valence-electron chi connectivity index (χ1n) is 19.2. The maximum atomic E-state index is 4.84. The predicted molar refractivity (Wildman–Crippen MR) is 207 cm³/mol. The van der Waals surface area contributed by atoms with Crippen LogP contribution in [0.4, 0.5) is 0 Å². The Balaban J connectivity index is 0.000000141. The average Bonchev–Trinajstić information content (AvgIpc) is 4.03. The van der Waals surface area contributed by atoms with Crippen molar-refractivity contribution in [3.05, 3.63) is 126 Å². The Morgan fingerprint density at radius 3 is 1.52 bits per heavy atom. The van der Waals surface area contributed by atoms with Crippen LogP contribution >= 0.6 is 0 Å². The predicted octanol–water partition coefficient (Wildman–Crippen LogP) is 5.10. The smallest absolute Gasteiger partial charge is 0.870 e. The Kier molecular flexibility index (Phi) is 9.82. The Morgan fingerprint density at radius 1 is 0.500 bits per heavy atom. The standard InChI is InChI=1S/C22H19N5.C21H18N6.Na.H2O/c1-2-13(1)18-9-23-11-20(26-18)15-5-6-16-8-25-22(17(16)7-15)21-12-24-10-19(27-21)14-3-4-14;1-2-12(1)17-8-22-10-19(24-17)14-5-6-16-15(7-14)21(27-26-16)20-11-23-9-18(25-20)13-3-4-13;;/h5-7,9-14H,1-4,8H2;5-13H,1-4H2,(H,26,27);;1H2/q;;+1;/p-1. The van der Waals surface area contributed by atoms with Crippen molar-refractivity contribution in [2.24, 2.45) is 4.99 Å². The van der Waals surface area contributed by atoms with Gasteiger partial charge in [-0.1, -0.05) is 18.2 Å². The molecular formula is C43H38N11NaO. The topological polar surface area (TPSA) is 174 Å². The first-order valence-corrected chi connectivity index (χ1v) is 19.2. The molecule has 13 heteroatoms. The van der Waals surface area contributed by atoms with Crippen LogP contribution in [0, 0.1) is 0 Å². The van der Waals surface area contributed by atoms with E-state index in [0.29, 0.717) is 30.2 Å². The van der Waals surface area contributed by atoms with Crippen molar-refractivity contribution in [1.29, 1.82) is 0 Å². The van der Waals surface area contributed by atoms with Crippen LogP contribution in [0.25, 0.3) is 44.8 Å². The van der Waals surface area contributed by atoms with Gasteiger partial charge in [-0.15, -0.1) is 0 Å². The van der Waals surface area contributed by atoms with Crippen LogP contribution in [0.3, 0.4) is 0 Å². The van der Waals surface area contributed by atoms with Crippen LogP contribution < -0.4 is 29.6 Å². The van der Waals surface area contributed by atoms with Gasteiger partial charge < -0.3 is 5.48 Å². The summed E-state index contributed by atoms with van der Waals surface area (Å²) in [4.78, 5) is 41.7. The van der Waals surface area contributed by atoms with Gasteiger partial charge in [-0.05, 0) is 75.1 Å². The molecule has 56 heavy (non-hydrogen) atoms. The summed E-state index contributed by atoms with van der Waals surface area (Å²) in [5.74, 6) is 2.35. The molecule has 5 aliphatic rings. The third-order valence-electron chi connectivity index (χ3n) is 11.0. The normalized spacial score (nSPS) is 16.9. The quantitative estimate of drug-likeness (QED) is 0.206. The monoisotopic (exact) mass is 747 g/mol. The molecule has 4 fully saturated rings. The third-order valence-corrected chi connectivity index (χ3v) is 11.0. The van der Waals surface area contributed by atoms with Gasteiger partial charge in [-0.25, -0.2) is 19.9 Å². The van der Waals surface area contributed by atoms with Crippen LogP contribution in [0.5, 0.6) is 0 Å². The Bertz CT molecular complexity index is 2610. The molecule has 0 atom stereocenters. The largest absolute Gasteiger partial charge is 1.00 e. The zero-order chi connectivity index (χ0) is 35.6. The van der Waals surface area contributed by atoms with Crippen molar-refractivity contribution in [3.8, 4) is 33.9 Å². The van der Waals surface area contributed by atoms with Gasteiger partial charge in [0.15, 0.2) is 0 Å².